The Labute approximate surface area is 131 Å². The first-order valence-electron chi connectivity index (χ1n) is 7.71. The van der Waals surface area contributed by atoms with Crippen LogP contribution in [0.3, 0.4) is 0 Å². The van der Waals surface area contributed by atoms with Gasteiger partial charge in [0, 0.05) is 0 Å². The maximum Gasteiger partial charge on any atom is 0.300 e. The minimum absolute atomic E-state index is 0.795. The largest absolute Gasteiger partial charge is 0.300 e. The van der Waals surface area contributed by atoms with Gasteiger partial charge in [0.1, 0.15) is 0 Å². The molecule has 2 aromatic rings. The van der Waals surface area contributed by atoms with E-state index in [1.807, 2.05) is 0 Å². The summed E-state index contributed by atoms with van der Waals surface area (Å²) in [5.41, 5.74) is 9.29. The monoisotopic (exact) mass is 292 g/mol. The molecule has 0 unspecified atom stereocenters. The highest BCUT2D eigenvalue weighted by Gasteiger charge is 2.32. The summed E-state index contributed by atoms with van der Waals surface area (Å²) < 4.78 is 3.41. The zero-order chi connectivity index (χ0) is 14.6. The van der Waals surface area contributed by atoms with E-state index in [4.69, 9.17) is 0 Å². The van der Waals surface area contributed by atoms with Gasteiger partial charge in [0.15, 0.2) is 0 Å². The van der Waals surface area contributed by atoms with Crippen molar-refractivity contribution in [3.05, 3.63) is 35.4 Å². The van der Waals surface area contributed by atoms with E-state index >= 15 is 0 Å². The maximum absolute atomic E-state index is 2.46. The van der Waals surface area contributed by atoms with Crippen molar-refractivity contribution in [1.82, 2.24) is 0 Å². The van der Waals surface area contributed by atoms with Crippen molar-refractivity contribution < 1.29 is 0 Å². The zero-order valence-electron chi connectivity index (χ0n) is 13.5. The summed E-state index contributed by atoms with van der Waals surface area (Å²) in [6.07, 6.45) is 0. The van der Waals surface area contributed by atoms with Crippen molar-refractivity contribution in [2.24, 2.45) is 0 Å². The number of hydrogen-bond acceptors (Lipinski definition) is 0. The third-order valence-electron chi connectivity index (χ3n) is 4.62. The van der Waals surface area contributed by atoms with Crippen LogP contribution in [0.4, 0.5) is 0 Å². The molecule has 0 fully saturated rings. The molecule has 0 radical (unpaired) electrons. The van der Waals surface area contributed by atoms with Crippen LogP contribution < -0.4 is 8.85 Å². The van der Waals surface area contributed by atoms with E-state index in [0.29, 0.717) is 0 Å². The van der Waals surface area contributed by atoms with Crippen molar-refractivity contribution in [2.45, 2.75) is 37.0 Å². The van der Waals surface area contributed by atoms with Gasteiger partial charge in [0.05, 0.1) is 0 Å². The van der Waals surface area contributed by atoms with Crippen LogP contribution >= 0.6 is 0 Å². The summed E-state index contributed by atoms with van der Waals surface area (Å²) in [5.74, 6) is 9.84. The molecular formula is C18H22Al2. The Hall–Kier alpha value is -0.495. The van der Waals surface area contributed by atoms with Crippen LogP contribution in [0.2, 0.25) is 23.1 Å². The Balaban J connectivity index is 2.33. The van der Waals surface area contributed by atoms with E-state index in [1.54, 1.807) is 20.0 Å². The van der Waals surface area contributed by atoms with Crippen molar-refractivity contribution in [3.8, 4) is 22.3 Å². The van der Waals surface area contributed by atoms with Gasteiger partial charge in [-0.25, -0.2) is 0 Å². The summed E-state index contributed by atoms with van der Waals surface area (Å²) in [7, 11) is 0. The fourth-order valence-electron chi connectivity index (χ4n) is 3.86. The lowest BCUT2D eigenvalue weighted by Gasteiger charge is -2.33. The van der Waals surface area contributed by atoms with Crippen LogP contribution in [0.1, 0.15) is 11.1 Å². The molecule has 1 aliphatic carbocycles. The number of hydrogen-bond donors (Lipinski definition) is 0. The summed E-state index contributed by atoms with van der Waals surface area (Å²) in [6.45, 7) is 4.59. The van der Waals surface area contributed by atoms with Gasteiger partial charge in [-0.1, -0.05) is 35.4 Å². The van der Waals surface area contributed by atoms with E-state index in [-0.39, 0.29) is 0 Å². The van der Waals surface area contributed by atoms with E-state index in [9.17, 15) is 0 Å². The fourth-order valence-corrected chi connectivity index (χ4v) is 7.63. The number of rotatable bonds is 2. The van der Waals surface area contributed by atoms with Crippen LogP contribution in [0.15, 0.2) is 24.3 Å². The minimum atomic E-state index is -0.795. The molecule has 0 spiro atoms. The maximum atomic E-state index is 2.46. The van der Waals surface area contributed by atoms with Crippen molar-refractivity contribution in [2.75, 3.05) is 0 Å². The quantitative estimate of drug-likeness (QED) is 0.629. The van der Waals surface area contributed by atoms with E-state index in [2.05, 4.69) is 61.3 Å². The van der Waals surface area contributed by atoms with Crippen LogP contribution in [-0.2, 0) is 0 Å². The Morgan fingerprint density at radius 3 is 1.25 bits per heavy atom. The lowest BCUT2D eigenvalue weighted by molar-refractivity contribution is 1.43. The molecule has 0 aromatic heterocycles. The van der Waals surface area contributed by atoms with Gasteiger partial charge < -0.3 is 0 Å². The van der Waals surface area contributed by atoms with Crippen molar-refractivity contribution in [3.63, 3.8) is 0 Å². The second-order valence-corrected chi connectivity index (χ2v) is 12.5. The van der Waals surface area contributed by atoms with Crippen LogP contribution in [0.5, 0.6) is 0 Å². The molecule has 1 aliphatic rings. The SMILES string of the molecule is Cc1ccc2c([c]1[Al]([CH3])[CH3])-c1c-2ccc(C)[c]1[Al]([CH3])[CH3]. The Bertz CT molecular complexity index is 636. The average Bonchev–Trinajstić information content (AvgIpc) is 2.35. The van der Waals surface area contributed by atoms with Gasteiger partial charge in [0.25, 0.3) is 0 Å². The first-order valence-corrected chi connectivity index (χ1v) is 13.5. The third kappa shape index (κ3) is 1.95. The minimum Gasteiger partial charge on any atom is -0.102 e. The van der Waals surface area contributed by atoms with Gasteiger partial charge >= 0.3 is 28.3 Å². The van der Waals surface area contributed by atoms with E-state index in [0.717, 1.165) is 0 Å². The Morgan fingerprint density at radius 1 is 0.600 bits per heavy atom. The summed E-state index contributed by atoms with van der Waals surface area (Å²) in [5, 5.41) is 0. The standard InChI is InChI=1S/C14H10.4CH3.2Al/c1-9-3-5-11-12-6-4-10(2)8-14(12)13(11)7-9;;;;;;/h3-6H,1-2H3;4*1H3;;. The highest BCUT2D eigenvalue weighted by atomic mass is 27.2. The van der Waals surface area contributed by atoms with Crippen LogP contribution in [0, 0.1) is 13.8 Å². The molecule has 0 N–H and O–H groups in total. The summed E-state index contributed by atoms with van der Waals surface area (Å²) >= 11 is -1.59. The molecule has 0 saturated heterocycles. The van der Waals surface area contributed by atoms with Gasteiger partial charge in [-0.15, -0.1) is 32.0 Å². The van der Waals surface area contributed by atoms with Gasteiger partial charge in [-0.3, -0.25) is 0 Å². The third-order valence-corrected chi connectivity index (χ3v) is 8.42. The Kier molecular flexibility index (Phi) is 3.65. The highest BCUT2D eigenvalue weighted by molar-refractivity contribution is 6.76. The molecule has 2 heteroatoms. The lowest BCUT2D eigenvalue weighted by Crippen LogP contribution is -2.36. The van der Waals surface area contributed by atoms with Gasteiger partial charge in [-0.05, 0) is 36.1 Å². The molecule has 0 amide bonds. The first kappa shape index (κ1) is 14.4. The van der Waals surface area contributed by atoms with E-state index < -0.39 is 28.3 Å². The lowest BCUT2D eigenvalue weighted by atomic mass is 9.79. The second kappa shape index (κ2) is 5.05. The number of benzene rings is 2. The van der Waals surface area contributed by atoms with Crippen LogP contribution in [-0.4, -0.2) is 28.3 Å². The average molecular weight is 292 g/mol. The number of fused-ring (bicyclic) bond motifs is 4. The molecule has 0 atom stereocenters. The van der Waals surface area contributed by atoms with Gasteiger partial charge in [0.2, 0.25) is 0 Å². The van der Waals surface area contributed by atoms with Crippen molar-refractivity contribution >= 4 is 37.1 Å². The summed E-state index contributed by atoms with van der Waals surface area (Å²) in [4.78, 5) is 0. The molecule has 0 bridgehead atoms. The Morgan fingerprint density at radius 2 is 0.950 bits per heavy atom. The predicted octanol–water partition coefficient (Wildman–Crippen LogP) is 3.87. The fraction of sp³-hybridized carbons (Fsp3) is 0.333. The molecular weight excluding hydrogens is 270 g/mol. The molecule has 2 aromatic carbocycles. The predicted molar refractivity (Wildman–Crippen MR) is 94.6 cm³/mol. The highest BCUT2D eigenvalue weighted by Crippen LogP contribution is 2.46. The van der Waals surface area contributed by atoms with Gasteiger partial charge in [-0.2, -0.15) is 0 Å². The molecule has 100 valence electrons. The molecule has 0 aliphatic heterocycles. The normalized spacial score (nSPS) is 11.5. The van der Waals surface area contributed by atoms with Crippen LogP contribution in [0.25, 0.3) is 22.3 Å². The van der Waals surface area contributed by atoms with E-state index in [1.165, 1.54) is 22.3 Å². The molecule has 0 nitrogen and oxygen atoms in total. The van der Waals surface area contributed by atoms with Crippen molar-refractivity contribution in [1.29, 1.82) is 0 Å². The zero-order valence-corrected chi connectivity index (χ0v) is 15.8. The topological polar surface area (TPSA) is 0 Å². The molecule has 3 rings (SSSR count). The molecule has 0 heterocycles. The first-order chi connectivity index (χ1) is 9.43. The number of aryl methyl sites for hydroxylation is 2. The smallest absolute Gasteiger partial charge is 0.102 e. The molecule has 20 heavy (non-hydrogen) atoms. The second-order valence-electron chi connectivity index (χ2n) is 6.75. The molecule has 0 saturated carbocycles. The summed E-state index contributed by atoms with van der Waals surface area (Å²) in [6, 6.07) is 9.34.